The quantitative estimate of drug-likeness (QED) is 0.644. The summed E-state index contributed by atoms with van der Waals surface area (Å²) in [5.41, 5.74) is -4.37. The number of alkyl halides is 6. The van der Waals surface area contributed by atoms with Crippen molar-refractivity contribution in [1.29, 1.82) is 0 Å². The van der Waals surface area contributed by atoms with Crippen LogP contribution in [0.25, 0.3) is 0 Å². The van der Waals surface area contributed by atoms with E-state index in [0.717, 1.165) is 0 Å². The average molecular weight is 320 g/mol. The highest BCUT2D eigenvalue weighted by Gasteiger charge is 2.35. The van der Waals surface area contributed by atoms with E-state index in [1.54, 1.807) is 0 Å². The molecule has 0 spiro atoms. The summed E-state index contributed by atoms with van der Waals surface area (Å²) < 4.78 is 73.1. The monoisotopic (exact) mass is 320 g/mol. The fourth-order valence-electron chi connectivity index (χ4n) is 1.14. The number of nitrogens with zero attached hydrogens (tertiary/aromatic N) is 2. The van der Waals surface area contributed by atoms with Crippen molar-refractivity contribution in [3.8, 4) is 0 Å². The number of thioether (sulfide) groups is 1. The molecule has 0 saturated carbocycles. The second kappa shape index (κ2) is 6.37. The van der Waals surface area contributed by atoms with Gasteiger partial charge in [-0.05, 0) is 11.8 Å². The third-order valence-electron chi connectivity index (χ3n) is 1.91. The lowest BCUT2D eigenvalue weighted by molar-refractivity contribution is -0.144. The molecule has 0 atom stereocenters. The molecule has 1 heterocycles. The van der Waals surface area contributed by atoms with Gasteiger partial charge >= 0.3 is 11.7 Å². The van der Waals surface area contributed by atoms with Gasteiger partial charge in [0.05, 0.1) is 0 Å². The van der Waals surface area contributed by atoms with E-state index in [2.05, 4.69) is 20.6 Å². The Hall–Kier alpha value is -1.39. The Bertz CT molecular complexity index is 447. The molecule has 0 bridgehead atoms. The maximum atomic E-state index is 12.5. The number of aromatic nitrogens is 2. The van der Waals surface area contributed by atoms with Crippen molar-refractivity contribution in [2.24, 2.45) is 0 Å². The largest absolute Gasteiger partial charge is 0.451 e. The van der Waals surface area contributed by atoms with Gasteiger partial charge in [-0.25, -0.2) is 9.97 Å². The molecule has 0 saturated heterocycles. The zero-order chi connectivity index (χ0) is 15.4. The third kappa shape index (κ3) is 5.72. The fraction of sp³-hybridized carbons (Fsp3) is 0.556. The molecule has 0 radical (unpaired) electrons. The molecule has 0 unspecified atom stereocenters. The van der Waals surface area contributed by atoms with E-state index >= 15 is 0 Å². The summed E-state index contributed by atoms with van der Waals surface area (Å²) in [5, 5.41) is 4.81. The molecule has 0 aliphatic rings. The van der Waals surface area contributed by atoms with E-state index in [9.17, 15) is 26.3 Å². The molecule has 1 rings (SSSR count). The maximum Gasteiger partial charge on any atom is 0.451 e. The van der Waals surface area contributed by atoms with Crippen LogP contribution in [-0.4, -0.2) is 34.8 Å². The van der Waals surface area contributed by atoms with E-state index in [0.29, 0.717) is 0 Å². The van der Waals surface area contributed by atoms with Crippen molar-refractivity contribution in [2.75, 3.05) is 30.0 Å². The summed E-state index contributed by atoms with van der Waals surface area (Å²) in [7, 11) is 1.37. The zero-order valence-corrected chi connectivity index (χ0v) is 10.9. The minimum Gasteiger partial charge on any atom is -0.373 e. The molecule has 11 heteroatoms. The summed E-state index contributed by atoms with van der Waals surface area (Å²) in [6.07, 6.45) is -4.73. The molecule has 0 fully saturated rings. The standard InChI is InChI=1S/C9H10F6N4S/c1-16-5-4-6(17-2-3-20-9(13,14)15)19-7(18-5)8(10,11)12/h4H,2-3H2,1H3,(H2,16,17,18,19). The average Bonchev–Trinajstić information content (AvgIpc) is 2.32. The molecule has 1 aromatic heterocycles. The van der Waals surface area contributed by atoms with Gasteiger partial charge in [0, 0.05) is 25.4 Å². The first-order chi connectivity index (χ1) is 9.12. The first kappa shape index (κ1) is 16.7. The lowest BCUT2D eigenvalue weighted by Gasteiger charge is -2.11. The Morgan fingerprint density at radius 1 is 1.10 bits per heavy atom. The fourth-order valence-corrected chi connectivity index (χ4v) is 1.57. The van der Waals surface area contributed by atoms with Crippen LogP contribution in [0, 0.1) is 0 Å². The van der Waals surface area contributed by atoms with Crippen LogP contribution < -0.4 is 10.6 Å². The molecule has 4 nitrogen and oxygen atoms in total. The molecule has 2 N–H and O–H groups in total. The smallest absolute Gasteiger partial charge is 0.373 e. The van der Waals surface area contributed by atoms with Gasteiger partial charge in [0.15, 0.2) is 0 Å². The van der Waals surface area contributed by atoms with Gasteiger partial charge in [0.1, 0.15) is 11.6 Å². The molecule has 114 valence electrons. The van der Waals surface area contributed by atoms with Crippen LogP contribution in [0.2, 0.25) is 0 Å². The summed E-state index contributed by atoms with van der Waals surface area (Å²) >= 11 is -0.271. The number of hydrogen-bond donors (Lipinski definition) is 2. The maximum absolute atomic E-state index is 12.5. The SMILES string of the molecule is CNc1cc(NCCSC(F)(F)F)nc(C(F)(F)F)n1. The van der Waals surface area contributed by atoms with Gasteiger partial charge in [-0.15, -0.1) is 0 Å². The Kier molecular flexibility index (Phi) is 5.31. The predicted octanol–water partition coefficient (Wildman–Crippen LogP) is 3.20. The molecule has 0 aromatic carbocycles. The van der Waals surface area contributed by atoms with Crippen molar-refractivity contribution in [1.82, 2.24) is 9.97 Å². The molecule has 0 amide bonds. The minimum atomic E-state index is -4.73. The van der Waals surface area contributed by atoms with Crippen LogP contribution in [0.3, 0.4) is 0 Å². The molecular formula is C9H10F6N4S. The second-order valence-corrected chi connectivity index (χ2v) is 4.59. The van der Waals surface area contributed by atoms with Crippen molar-refractivity contribution in [2.45, 2.75) is 11.7 Å². The normalized spacial score (nSPS) is 12.3. The van der Waals surface area contributed by atoms with Crippen LogP contribution in [0.1, 0.15) is 5.82 Å². The van der Waals surface area contributed by atoms with Crippen LogP contribution in [-0.2, 0) is 6.18 Å². The minimum absolute atomic E-state index is 0.0849. The molecule has 20 heavy (non-hydrogen) atoms. The van der Waals surface area contributed by atoms with Gasteiger partial charge in [0.25, 0.3) is 0 Å². The van der Waals surface area contributed by atoms with E-state index in [1.807, 2.05) is 0 Å². The first-order valence-electron chi connectivity index (χ1n) is 5.20. The molecule has 1 aromatic rings. The van der Waals surface area contributed by atoms with Crippen molar-refractivity contribution < 1.29 is 26.3 Å². The van der Waals surface area contributed by atoms with Crippen molar-refractivity contribution >= 4 is 23.4 Å². The number of hydrogen-bond acceptors (Lipinski definition) is 5. The molecule has 0 aliphatic heterocycles. The van der Waals surface area contributed by atoms with Crippen LogP contribution in [0.5, 0.6) is 0 Å². The van der Waals surface area contributed by atoms with Crippen LogP contribution in [0.15, 0.2) is 6.07 Å². The Morgan fingerprint density at radius 2 is 1.70 bits per heavy atom. The topological polar surface area (TPSA) is 49.8 Å². The lowest BCUT2D eigenvalue weighted by Crippen LogP contribution is -2.16. The second-order valence-electron chi connectivity index (χ2n) is 3.43. The number of rotatable bonds is 5. The highest BCUT2D eigenvalue weighted by atomic mass is 32.2. The van der Waals surface area contributed by atoms with Gasteiger partial charge in [-0.2, -0.15) is 26.3 Å². The summed E-state index contributed by atoms with van der Waals surface area (Å²) in [4.78, 5) is 6.43. The highest BCUT2D eigenvalue weighted by Crippen LogP contribution is 2.30. The lowest BCUT2D eigenvalue weighted by atomic mass is 10.4. The van der Waals surface area contributed by atoms with Gasteiger partial charge < -0.3 is 10.6 Å². The van der Waals surface area contributed by atoms with E-state index < -0.39 is 17.5 Å². The zero-order valence-electron chi connectivity index (χ0n) is 10.1. The Balaban J connectivity index is 2.70. The summed E-state index contributed by atoms with van der Waals surface area (Å²) in [6.45, 7) is -0.179. The van der Waals surface area contributed by atoms with Gasteiger partial charge in [0.2, 0.25) is 5.82 Å². The van der Waals surface area contributed by atoms with E-state index in [4.69, 9.17) is 0 Å². The van der Waals surface area contributed by atoms with Gasteiger partial charge in [-0.3, -0.25) is 0 Å². The number of anilines is 2. The predicted molar refractivity (Wildman–Crippen MR) is 63.6 cm³/mol. The van der Waals surface area contributed by atoms with E-state index in [1.165, 1.54) is 13.1 Å². The van der Waals surface area contributed by atoms with Gasteiger partial charge in [-0.1, -0.05) is 0 Å². The number of nitrogens with one attached hydrogen (secondary N) is 2. The number of halogens is 6. The summed E-state index contributed by atoms with van der Waals surface area (Å²) in [5.74, 6) is -1.99. The summed E-state index contributed by atoms with van der Waals surface area (Å²) in [6, 6.07) is 1.17. The van der Waals surface area contributed by atoms with Crippen molar-refractivity contribution in [3.63, 3.8) is 0 Å². The van der Waals surface area contributed by atoms with Crippen molar-refractivity contribution in [3.05, 3.63) is 11.9 Å². The Morgan fingerprint density at radius 3 is 2.20 bits per heavy atom. The molecule has 0 aliphatic carbocycles. The van der Waals surface area contributed by atoms with Crippen LogP contribution >= 0.6 is 11.8 Å². The van der Waals surface area contributed by atoms with E-state index in [-0.39, 0.29) is 35.7 Å². The molecular weight excluding hydrogens is 310 g/mol. The third-order valence-corrected chi connectivity index (χ3v) is 2.65. The highest BCUT2D eigenvalue weighted by molar-refractivity contribution is 8.00. The van der Waals surface area contributed by atoms with Crippen LogP contribution in [0.4, 0.5) is 38.0 Å². The Labute approximate surface area is 114 Å². The first-order valence-corrected chi connectivity index (χ1v) is 6.19.